The second-order valence-electron chi connectivity index (χ2n) is 3.69. The molecule has 1 aromatic rings. The molecule has 2 heterocycles. The summed E-state index contributed by atoms with van der Waals surface area (Å²) in [6.45, 7) is 3.21. The number of rotatable bonds is 1. The lowest BCUT2D eigenvalue weighted by atomic mass is 10.2. The van der Waals surface area contributed by atoms with Gasteiger partial charge in [0.2, 0.25) is 0 Å². The minimum Gasteiger partial charge on any atom is -0.469 e. The molecule has 0 aliphatic carbocycles. The average molecular weight is 194 g/mol. The van der Waals surface area contributed by atoms with Gasteiger partial charge in [-0.25, -0.2) is 0 Å². The summed E-state index contributed by atoms with van der Waals surface area (Å²) in [6.07, 6.45) is 2.43. The SMILES string of the molecule is Cc1occc1C(=O)N1CCC(N)C1. The number of furan rings is 1. The molecule has 2 N–H and O–H groups in total. The minimum atomic E-state index is 0.0317. The van der Waals surface area contributed by atoms with Crippen molar-refractivity contribution in [3.8, 4) is 0 Å². The van der Waals surface area contributed by atoms with Crippen molar-refractivity contribution in [3.63, 3.8) is 0 Å². The van der Waals surface area contributed by atoms with Gasteiger partial charge in [-0.3, -0.25) is 4.79 Å². The molecule has 0 radical (unpaired) electrons. The van der Waals surface area contributed by atoms with Gasteiger partial charge in [0.15, 0.2) is 0 Å². The standard InChI is InChI=1S/C10H14N2O2/c1-7-9(3-5-14-7)10(13)12-4-2-8(11)6-12/h3,5,8H,2,4,6,11H2,1H3. The van der Waals surface area contributed by atoms with Gasteiger partial charge in [-0.05, 0) is 19.4 Å². The molecule has 1 aliphatic heterocycles. The lowest BCUT2D eigenvalue weighted by Gasteiger charge is -2.14. The zero-order valence-electron chi connectivity index (χ0n) is 8.19. The highest BCUT2D eigenvalue weighted by molar-refractivity contribution is 5.95. The summed E-state index contributed by atoms with van der Waals surface area (Å²) in [4.78, 5) is 13.7. The van der Waals surface area contributed by atoms with Crippen molar-refractivity contribution < 1.29 is 9.21 Å². The molecule has 1 aliphatic rings. The summed E-state index contributed by atoms with van der Waals surface area (Å²) in [7, 11) is 0. The van der Waals surface area contributed by atoms with E-state index in [0.29, 0.717) is 17.9 Å². The first-order valence-corrected chi connectivity index (χ1v) is 4.77. The lowest BCUT2D eigenvalue weighted by Crippen LogP contribution is -2.31. The van der Waals surface area contributed by atoms with Crippen molar-refractivity contribution in [3.05, 3.63) is 23.7 Å². The lowest BCUT2D eigenvalue weighted by molar-refractivity contribution is 0.0789. The van der Waals surface area contributed by atoms with E-state index in [1.165, 1.54) is 0 Å². The normalized spacial score (nSPS) is 21.6. The third kappa shape index (κ3) is 1.53. The summed E-state index contributed by atoms with van der Waals surface area (Å²) in [5, 5.41) is 0. The van der Waals surface area contributed by atoms with Gasteiger partial charge < -0.3 is 15.1 Å². The van der Waals surface area contributed by atoms with E-state index in [2.05, 4.69) is 0 Å². The van der Waals surface area contributed by atoms with E-state index < -0.39 is 0 Å². The molecular weight excluding hydrogens is 180 g/mol. The summed E-state index contributed by atoms with van der Waals surface area (Å²) < 4.78 is 5.09. The Balaban J connectivity index is 2.13. The molecule has 1 aromatic heterocycles. The maximum absolute atomic E-state index is 11.9. The van der Waals surface area contributed by atoms with Crippen LogP contribution in [-0.4, -0.2) is 29.9 Å². The van der Waals surface area contributed by atoms with Crippen LogP contribution in [0, 0.1) is 6.92 Å². The average Bonchev–Trinajstić information content (AvgIpc) is 2.73. The van der Waals surface area contributed by atoms with Crippen molar-refractivity contribution in [2.75, 3.05) is 13.1 Å². The van der Waals surface area contributed by atoms with Crippen molar-refractivity contribution in [2.24, 2.45) is 5.73 Å². The third-order valence-electron chi connectivity index (χ3n) is 2.60. The van der Waals surface area contributed by atoms with Gasteiger partial charge in [-0.1, -0.05) is 0 Å². The molecule has 14 heavy (non-hydrogen) atoms. The number of aryl methyl sites for hydroxylation is 1. The smallest absolute Gasteiger partial charge is 0.257 e. The van der Waals surface area contributed by atoms with Crippen LogP contribution in [0.25, 0.3) is 0 Å². The van der Waals surface area contributed by atoms with E-state index in [9.17, 15) is 4.79 Å². The van der Waals surface area contributed by atoms with Crippen LogP contribution in [-0.2, 0) is 0 Å². The quantitative estimate of drug-likeness (QED) is 0.718. The molecule has 1 saturated heterocycles. The van der Waals surface area contributed by atoms with Crippen LogP contribution in [0.15, 0.2) is 16.7 Å². The fourth-order valence-corrected chi connectivity index (χ4v) is 1.75. The van der Waals surface area contributed by atoms with Crippen LogP contribution >= 0.6 is 0 Å². The monoisotopic (exact) mass is 194 g/mol. The Kier molecular flexibility index (Phi) is 2.29. The minimum absolute atomic E-state index is 0.0317. The molecule has 1 fully saturated rings. The molecule has 76 valence electrons. The van der Waals surface area contributed by atoms with E-state index in [4.69, 9.17) is 10.2 Å². The number of hydrogen-bond acceptors (Lipinski definition) is 3. The fourth-order valence-electron chi connectivity index (χ4n) is 1.75. The van der Waals surface area contributed by atoms with Crippen LogP contribution in [0.3, 0.4) is 0 Å². The molecule has 0 bridgehead atoms. The second-order valence-corrected chi connectivity index (χ2v) is 3.69. The molecule has 1 unspecified atom stereocenters. The number of carbonyl (C=O) groups excluding carboxylic acids is 1. The molecular formula is C10H14N2O2. The van der Waals surface area contributed by atoms with Crippen LogP contribution < -0.4 is 5.73 Å². The highest BCUT2D eigenvalue weighted by atomic mass is 16.3. The van der Waals surface area contributed by atoms with Crippen LogP contribution in [0.2, 0.25) is 0 Å². The molecule has 4 heteroatoms. The summed E-state index contributed by atoms with van der Waals surface area (Å²) in [6, 6.07) is 1.84. The van der Waals surface area contributed by atoms with E-state index in [1.54, 1.807) is 24.2 Å². The van der Waals surface area contributed by atoms with Gasteiger partial charge in [0.1, 0.15) is 5.76 Å². The number of likely N-dealkylation sites (tertiary alicyclic amines) is 1. The Morgan fingerprint density at radius 1 is 1.71 bits per heavy atom. The van der Waals surface area contributed by atoms with Crippen molar-refractivity contribution in [2.45, 2.75) is 19.4 Å². The highest BCUT2D eigenvalue weighted by Gasteiger charge is 2.26. The second kappa shape index (κ2) is 3.46. The molecule has 0 aromatic carbocycles. The zero-order chi connectivity index (χ0) is 10.1. The Bertz CT molecular complexity index is 346. The number of amides is 1. The van der Waals surface area contributed by atoms with Crippen molar-refractivity contribution in [1.82, 2.24) is 4.90 Å². The molecule has 0 saturated carbocycles. The topological polar surface area (TPSA) is 59.5 Å². The summed E-state index contributed by atoms with van der Waals surface area (Å²) in [5.74, 6) is 0.708. The first kappa shape index (κ1) is 9.27. The molecule has 0 spiro atoms. The van der Waals surface area contributed by atoms with Gasteiger partial charge in [0.05, 0.1) is 11.8 Å². The number of carbonyl (C=O) groups is 1. The van der Waals surface area contributed by atoms with Gasteiger partial charge in [-0.2, -0.15) is 0 Å². The van der Waals surface area contributed by atoms with Gasteiger partial charge in [-0.15, -0.1) is 0 Å². The van der Waals surface area contributed by atoms with E-state index in [-0.39, 0.29) is 11.9 Å². The molecule has 4 nitrogen and oxygen atoms in total. The highest BCUT2D eigenvalue weighted by Crippen LogP contribution is 2.15. The largest absolute Gasteiger partial charge is 0.469 e. The van der Waals surface area contributed by atoms with Gasteiger partial charge in [0.25, 0.3) is 5.91 Å². The summed E-state index contributed by atoms with van der Waals surface area (Å²) in [5.41, 5.74) is 6.39. The van der Waals surface area contributed by atoms with Crippen LogP contribution in [0.5, 0.6) is 0 Å². The Morgan fingerprint density at radius 3 is 3.00 bits per heavy atom. The molecule has 1 amide bonds. The number of nitrogens with zero attached hydrogens (tertiary/aromatic N) is 1. The number of nitrogens with two attached hydrogens (primary N) is 1. The van der Waals surface area contributed by atoms with E-state index in [0.717, 1.165) is 13.0 Å². The molecule has 2 rings (SSSR count). The zero-order valence-corrected chi connectivity index (χ0v) is 8.19. The fraction of sp³-hybridized carbons (Fsp3) is 0.500. The predicted octanol–water partition coefficient (Wildman–Crippen LogP) is 0.761. The number of hydrogen-bond donors (Lipinski definition) is 1. The molecule has 1 atom stereocenters. The van der Waals surface area contributed by atoms with Gasteiger partial charge in [0, 0.05) is 19.1 Å². The van der Waals surface area contributed by atoms with E-state index >= 15 is 0 Å². The third-order valence-corrected chi connectivity index (χ3v) is 2.60. The summed E-state index contributed by atoms with van der Waals surface area (Å²) >= 11 is 0. The first-order chi connectivity index (χ1) is 6.68. The van der Waals surface area contributed by atoms with Crippen LogP contribution in [0.4, 0.5) is 0 Å². The van der Waals surface area contributed by atoms with Crippen molar-refractivity contribution in [1.29, 1.82) is 0 Å². The van der Waals surface area contributed by atoms with Crippen LogP contribution in [0.1, 0.15) is 22.5 Å². The van der Waals surface area contributed by atoms with Crippen molar-refractivity contribution >= 4 is 5.91 Å². The maximum atomic E-state index is 11.9. The van der Waals surface area contributed by atoms with Gasteiger partial charge >= 0.3 is 0 Å². The first-order valence-electron chi connectivity index (χ1n) is 4.77. The van der Waals surface area contributed by atoms with E-state index in [1.807, 2.05) is 0 Å². The Labute approximate surface area is 82.7 Å². The Morgan fingerprint density at radius 2 is 2.50 bits per heavy atom. The maximum Gasteiger partial charge on any atom is 0.257 e. The predicted molar refractivity (Wildman–Crippen MR) is 51.9 cm³/mol. The Hall–Kier alpha value is -1.29.